The van der Waals surface area contributed by atoms with Gasteiger partial charge in [0.15, 0.2) is 0 Å². The quantitative estimate of drug-likeness (QED) is 0.770. The van der Waals surface area contributed by atoms with Crippen molar-refractivity contribution in [1.29, 1.82) is 0 Å². The summed E-state index contributed by atoms with van der Waals surface area (Å²) in [6.45, 7) is 4.60. The monoisotopic (exact) mass is 221 g/mol. The van der Waals surface area contributed by atoms with Crippen molar-refractivity contribution in [3.05, 3.63) is 30.1 Å². The van der Waals surface area contributed by atoms with E-state index in [1.54, 1.807) is 12.4 Å². The van der Waals surface area contributed by atoms with E-state index in [-0.39, 0.29) is 11.9 Å². The molecule has 0 bridgehead atoms. The number of nitrogens with one attached hydrogen (secondary N) is 1. The van der Waals surface area contributed by atoms with Crippen LogP contribution in [0, 0.1) is 5.92 Å². The molecule has 4 heteroatoms. The number of nitrogens with zero attached hydrogens (tertiary/aromatic N) is 1. The van der Waals surface area contributed by atoms with Crippen LogP contribution < -0.4 is 11.1 Å². The fourth-order valence-electron chi connectivity index (χ4n) is 1.22. The van der Waals surface area contributed by atoms with Crippen molar-refractivity contribution < 1.29 is 4.79 Å². The van der Waals surface area contributed by atoms with Crippen molar-refractivity contribution in [2.24, 2.45) is 11.7 Å². The van der Waals surface area contributed by atoms with Crippen LogP contribution in [0.25, 0.3) is 0 Å². The van der Waals surface area contributed by atoms with Crippen molar-refractivity contribution in [1.82, 2.24) is 10.3 Å². The average molecular weight is 221 g/mol. The first kappa shape index (κ1) is 12.6. The van der Waals surface area contributed by atoms with E-state index in [2.05, 4.69) is 10.3 Å². The molecule has 1 heterocycles. The molecule has 0 aromatic carbocycles. The molecular formula is C12H19N3O. The molecule has 0 saturated heterocycles. The fraction of sp³-hybridized carbons (Fsp3) is 0.500. The number of hydrogen-bond acceptors (Lipinski definition) is 3. The topological polar surface area (TPSA) is 68.0 Å². The Morgan fingerprint density at radius 3 is 2.88 bits per heavy atom. The van der Waals surface area contributed by atoms with Crippen LogP contribution in [0.5, 0.6) is 0 Å². The number of rotatable bonds is 5. The van der Waals surface area contributed by atoms with Crippen LogP contribution in [-0.4, -0.2) is 23.5 Å². The Morgan fingerprint density at radius 1 is 1.56 bits per heavy atom. The molecule has 88 valence electrons. The molecule has 0 aliphatic carbocycles. The lowest BCUT2D eigenvalue weighted by molar-refractivity contribution is -0.120. The molecule has 4 nitrogen and oxygen atoms in total. The Morgan fingerprint density at radius 2 is 2.31 bits per heavy atom. The second kappa shape index (κ2) is 6.23. The maximum absolute atomic E-state index is 11.5. The van der Waals surface area contributed by atoms with Crippen molar-refractivity contribution in [3.8, 4) is 0 Å². The standard InChI is InChI=1S/C12H19N3O/c1-9(2)11(13)8-15-12(16)6-10-4-3-5-14-7-10/h3-5,7,9,11H,6,8,13H2,1-2H3,(H,15,16). The van der Waals surface area contributed by atoms with Crippen LogP contribution in [0.4, 0.5) is 0 Å². The highest BCUT2D eigenvalue weighted by atomic mass is 16.1. The largest absolute Gasteiger partial charge is 0.354 e. The van der Waals surface area contributed by atoms with Crippen LogP contribution in [0.15, 0.2) is 24.5 Å². The smallest absolute Gasteiger partial charge is 0.224 e. The summed E-state index contributed by atoms with van der Waals surface area (Å²) in [5, 5.41) is 2.82. The maximum atomic E-state index is 11.5. The minimum atomic E-state index is -0.0101. The van der Waals surface area contributed by atoms with Gasteiger partial charge in [-0.25, -0.2) is 0 Å². The molecule has 1 unspecified atom stereocenters. The summed E-state index contributed by atoms with van der Waals surface area (Å²) in [5.74, 6) is 0.364. The average Bonchev–Trinajstić information content (AvgIpc) is 2.27. The number of hydrogen-bond donors (Lipinski definition) is 2. The molecule has 3 N–H and O–H groups in total. The van der Waals surface area contributed by atoms with Crippen molar-refractivity contribution >= 4 is 5.91 Å². The van der Waals surface area contributed by atoms with E-state index in [1.807, 2.05) is 26.0 Å². The lowest BCUT2D eigenvalue weighted by Crippen LogP contribution is -2.40. The van der Waals surface area contributed by atoms with Gasteiger partial charge in [0.05, 0.1) is 6.42 Å². The highest BCUT2D eigenvalue weighted by Gasteiger charge is 2.09. The molecule has 1 aromatic heterocycles. The van der Waals surface area contributed by atoms with Gasteiger partial charge >= 0.3 is 0 Å². The third-order valence-corrected chi connectivity index (χ3v) is 2.48. The summed E-state index contributed by atoms with van der Waals surface area (Å²) >= 11 is 0. The van der Waals surface area contributed by atoms with Crippen LogP contribution in [-0.2, 0) is 11.2 Å². The van der Waals surface area contributed by atoms with E-state index < -0.39 is 0 Å². The zero-order valence-electron chi connectivity index (χ0n) is 9.81. The highest BCUT2D eigenvalue weighted by molar-refractivity contribution is 5.78. The second-order valence-electron chi connectivity index (χ2n) is 4.25. The van der Waals surface area contributed by atoms with Gasteiger partial charge < -0.3 is 11.1 Å². The molecule has 1 rings (SSSR count). The Bertz CT molecular complexity index is 324. The molecule has 1 amide bonds. The van der Waals surface area contributed by atoms with Gasteiger partial charge in [-0.1, -0.05) is 19.9 Å². The fourth-order valence-corrected chi connectivity index (χ4v) is 1.22. The van der Waals surface area contributed by atoms with Gasteiger partial charge in [0.2, 0.25) is 5.91 Å². The lowest BCUT2D eigenvalue weighted by Gasteiger charge is -2.16. The van der Waals surface area contributed by atoms with Crippen molar-refractivity contribution in [2.75, 3.05) is 6.54 Å². The molecule has 16 heavy (non-hydrogen) atoms. The first-order chi connectivity index (χ1) is 7.59. The van der Waals surface area contributed by atoms with Gasteiger partial charge in [-0.05, 0) is 17.5 Å². The molecule has 0 spiro atoms. The molecule has 0 aliphatic heterocycles. The molecule has 0 saturated carbocycles. The lowest BCUT2D eigenvalue weighted by atomic mass is 10.1. The van der Waals surface area contributed by atoms with Crippen LogP contribution in [0.2, 0.25) is 0 Å². The third-order valence-electron chi connectivity index (χ3n) is 2.48. The van der Waals surface area contributed by atoms with Gasteiger partial charge in [0.1, 0.15) is 0 Å². The molecule has 0 radical (unpaired) electrons. The summed E-state index contributed by atoms with van der Waals surface area (Å²) in [5.41, 5.74) is 6.75. The second-order valence-corrected chi connectivity index (χ2v) is 4.25. The SMILES string of the molecule is CC(C)C(N)CNC(=O)Cc1cccnc1. The maximum Gasteiger partial charge on any atom is 0.224 e. The van der Waals surface area contributed by atoms with Gasteiger partial charge in [-0.15, -0.1) is 0 Å². The Hall–Kier alpha value is -1.42. The highest BCUT2D eigenvalue weighted by Crippen LogP contribution is 1.98. The number of pyridine rings is 1. The normalized spacial score (nSPS) is 12.5. The summed E-state index contributed by atoms with van der Waals surface area (Å²) < 4.78 is 0. The number of carbonyl (C=O) groups excluding carboxylic acids is 1. The molecule has 1 aromatic rings. The number of amides is 1. The summed E-state index contributed by atoms with van der Waals surface area (Å²) in [6, 6.07) is 3.72. The molecule has 0 aliphatic rings. The number of aromatic nitrogens is 1. The van der Waals surface area contributed by atoms with Gasteiger partial charge in [0, 0.05) is 25.0 Å². The van der Waals surface area contributed by atoms with Gasteiger partial charge in [0.25, 0.3) is 0 Å². The van der Waals surface area contributed by atoms with Crippen LogP contribution in [0.3, 0.4) is 0 Å². The van der Waals surface area contributed by atoms with E-state index in [0.717, 1.165) is 5.56 Å². The van der Waals surface area contributed by atoms with Crippen molar-refractivity contribution in [3.63, 3.8) is 0 Å². The van der Waals surface area contributed by atoms with E-state index in [9.17, 15) is 4.79 Å². The van der Waals surface area contributed by atoms with Crippen molar-refractivity contribution in [2.45, 2.75) is 26.3 Å². The van der Waals surface area contributed by atoms with E-state index in [1.165, 1.54) is 0 Å². The number of nitrogens with two attached hydrogens (primary N) is 1. The van der Waals surface area contributed by atoms with Gasteiger partial charge in [-0.3, -0.25) is 9.78 Å². The summed E-state index contributed by atoms with van der Waals surface area (Å²) in [7, 11) is 0. The summed E-state index contributed by atoms with van der Waals surface area (Å²) in [4.78, 5) is 15.5. The minimum absolute atomic E-state index is 0.0101. The minimum Gasteiger partial charge on any atom is -0.354 e. The molecule has 1 atom stereocenters. The third kappa shape index (κ3) is 4.40. The zero-order chi connectivity index (χ0) is 12.0. The Kier molecular flexibility index (Phi) is 4.92. The molecule has 0 fully saturated rings. The van der Waals surface area contributed by atoms with E-state index in [4.69, 9.17) is 5.73 Å². The summed E-state index contributed by atoms with van der Waals surface area (Å²) in [6.07, 6.45) is 3.75. The van der Waals surface area contributed by atoms with Crippen LogP contribution >= 0.6 is 0 Å². The number of carbonyl (C=O) groups is 1. The molecular weight excluding hydrogens is 202 g/mol. The predicted molar refractivity (Wildman–Crippen MR) is 63.8 cm³/mol. The first-order valence-electron chi connectivity index (χ1n) is 5.50. The first-order valence-corrected chi connectivity index (χ1v) is 5.50. The Balaban J connectivity index is 2.32. The van der Waals surface area contributed by atoms with E-state index >= 15 is 0 Å². The zero-order valence-corrected chi connectivity index (χ0v) is 9.81. The van der Waals surface area contributed by atoms with Gasteiger partial charge in [-0.2, -0.15) is 0 Å². The van der Waals surface area contributed by atoms with Crippen LogP contribution in [0.1, 0.15) is 19.4 Å². The van der Waals surface area contributed by atoms with E-state index in [0.29, 0.717) is 18.9 Å². The predicted octanol–water partition coefficient (Wildman–Crippen LogP) is 0.724. The Labute approximate surface area is 96.3 Å².